The quantitative estimate of drug-likeness (QED) is 0.455. The average molecular weight is 138 g/mol. The first kappa shape index (κ1) is 7.11. The Balaban J connectivity index is 2.75. The van der Waals surface area contributed by atoms with Crippen molar-refractivity contribution in [2.45, 2.75) is 0 Å². The van der Waals surface area contributed by atoms with Crippen molar-refractivity contribution in [1.82, 2.24) is 0 Å². The zero-order valence-electron chi connectivity index (χ0n) is 3.84. The molecular formula is C2H7BS3. The maximum Gasteiger partial charge on any atom is 0.337 e. The highest BCUT2D eigenvalue weighted by molar-refractivity contribution is 8.72. The summed E-state index contributed by atoms with van der Waals surface area (Å²) >= 11 is 7.66. The summed E-state index contributed by atoms with van der Waals surface area (Å²) in [6.45, 7) is 0. The van der Waals surface area contributed by atoms with Gasteiger partial charge >= 0.3 is 4.55 Å². The highest BCUT2D eigenvalue weighted by Crippen LogP contribution is 2.15. The van der Waals surface area contributed by atoms with Crippen molar-refractivity contribution in [3.8, 4) is 0 Å². The second kappa shape index (κ2) is 4.28. The Labute approximate surface area is 53.0 Å². The maximum atomic E-state index is 4.16. The first-order valence-corrected chi connectivity index (χ1v) is 4.64. The molecule has 0 saturated heterocycles. The Morgan fingerprint density at radius 3 is 1.67 bits per heavy atom. The van der Waals surface area contributed by atoms with E-state index in [9.17, 15) is 0 Å². The normalized spacial score (nSPS) is 8.50. The maximum absolute atomic E-state index is 4.16. The first-order valence-electron chi connectivity index (χ1n) is 1.55. The van der Waals surface area contributed by atoms with E-state index in [-0.39, 0.29) is 0 Å². The lowest BCUT2D eigenvalue weighted by molar-refractivity contribution is 2.53. The fraction of sp³-hybridized carbons (Fsp3) is 1.00. The molecule has 0 aromatic rings. The molecule has 0 aliphatic heterocycles. The van der Waals surface area contributed by atoms with E-state index in [0.717, 1.165) is 0 Å². The van der Waals surface area contributed by atoms with Gasteiger partial charge in [0.2, 0.25) is 0 Å². The van der Waals surface area contributed by atoms with Crippen LogP contribution in [-0.2, 0) is 0 Å². The third kappa shape index (κ3) is 3.31. The molecule has 0 N–H and O–H groups in total. The van der Waals surface area contributed by atoms with Gasteiger partial charge in [0.05, 0.1) is 0 Å². The van der Waals surface area contributed by atoms with E-state index in [1.165, 1.54) is 0 Å². The second-order valence-corrected chi connectivity index (χ2v) is 4.18. The van der Waals surface area contributed by atoms with E-state index in [1.54, 1.807) is 23.2 Å². The van der Waals surface area contributed by atoms with E-state index < -0.39 is 0 Å². The summed E-state index contributed by atoms with van der Waals surface area (Å²) in [7, 11) is 0. The van der Waals surface area contributed by atoms with Crippen LogP contribution in [0.15, 0.2) is 0 Å². The number of thiol groups is 1. The molecule has 0 atom stereocenters. The standard InChI is InChI=1S/C2H7BS3/c1-5-3(4)6-2/h4H,1-2H3. The van der Waals surface area contributed by atoms with Crippen LogP contribution in [0.25, 0.3) is 0 Å². The molecule has 0 spiro atoms. The Morgan fingerprint density at radius 1 is 1.33 bits per heavy atom. The zero-order valence-corrected chi connectivity index (χ0v) is 6.37. The predicted molar refractivity (Wildman–Crippen MR) is 41.8 cm³/mol. The van der Waals surface area contributed by atoms with Crippen LogP contribution in [0.5, 0.6) is 0 Å². The van der Waals surface area contributed by atoms with Crippen molar-refractivity contribution in [2.24, 2.45) is 0 Å². The van der Waals surface area contributed by atoms with Gasteiger partial charge in [0.15, 0.2) is 0 Å². The lowest BCUT2D eigenvalue weighted by Crippen LogP contribution is -1.84. The van der Waals surface area contributed by atoms with E-state index >= 15 is 0 Å². The van der Waals surface area contributed by atoms with Gasteiger partial charge in [0.1, 0.15) is 0 Å². The first-order chi connectivity index (χ1) is 2.81. The fourth-order valence-electron chi connectivity index (χ4n) is 0.0962. The van der Waals surface area contributed by atoms with Crippen molar-refractivity contribution < 1.29 is 0 Å². The summed E-state index contributed by atoms with van der Waals surface area (Å²) in [5.74, 6) is 0. The molecule has 0 bridgehead atoms. The third-order valence-electron chi connectivity index (χ3n) is 0.403. The third-order valence-corrected chi connectivity index (χ3v) is 3.63. The second-order valence-electron chi connectivity index (χ2n) is 0.778. The molecule has 0 amide bonds. The van der Waals surface area contributed by atoms with Crippen molar-refractivity contribution in [3.63, 3.8) is 0 Å². The molecule has 0 rings (SSSR count). The summed E-state index contributed by atoms with van der Waals surface area (Å²) in [6.07, 6.45) is 4.10. The van der Waals surface area contributed by atoms with Gasteiger partial charge in [0, 0.05) is 0 Å². The molecule has 36 valence electrons. The minimum absolute atomic E-state index is 0.463. The smallest absolute Gasteiger partial charge is 0.202 e. The molecule has 4 heteroatoms. The lowest BCUT2D eigenvalue weighted by atomic mass is 10.7. The minimum Gasteiger partial charge on any atom is -0.202 e. The van der Waals surface area contributed by atoms with Gasteiger partial charge in [-0.25, -0.2) is 12.5 Å². The molecule has 0 nitrogen and oxygen atoms in total. The average Bonchev–Trinajstić information content (AvgIpc) is 1.65. The van der Waals surface area contributed by atoms with Gasteiger partial charge in [-0.2, -0.15) is 23.2 Å². The fourth-order valence-corrected chi connectivity index (χ4v) is 0.866. The van der Waals surface area contributed by atoms with Crippen LogP contribution < -0.4 is 0 Å². The molecular weight excluding hydrogens is 131 g/mol. The zero-order chi connectivity index (χ0) is 4.99. The van der Waals surface area contributed by atoms with Crippen molar-refractivity contribution >= 4 is 40.3 Å². The van der Waals surface area contributed by atoms with Crippen LogP contribution in [0.1, 0.15) is 0 Å². The monoisotopic (exact) mass is 138 g/mol. The number of hydrogen-bond acceptors (Lipinski definition) is 3. The molecule has 6 heavy (non-hydrogen) atoms. The van der Waals surface area contributed by atoms with Crippen LogP contribution in [-0.4, -0.2) is 17.1 Å². The molecule has 0 aliphatic rings. The lowest BCUT2D eigenvalue weighted by Gasteiger charge is -1.91. The van der Waals surface area contributed by atoms with Crippen LogP contribution in [0.3, 0.4) is 0 Å². The Hall–Kier alpha value is 1.11. The molecule has 0 aliphatic carbocycles. The van der Waals surface area contributed by atoms with Gasteiger partial charge < -0.3 is 0 Å². The van der Waals surface area contributed by atoms with E-state index in [4.69, 9.17) is 0 Å². The van der Waals surface area contributed by atoms with Gasteiger partial charge in [-0.15, -0.1) is 0 Å². The molecule has 0 fully saturated rings. The van der Waals surface area contributed by atoms with E-state index in [0.29, 0.717) is 4.55 Å². The highest BCUT2D eigenvalue weighted by atomic mass is 32.2. The van der Waals surface area contributed by atoms with Gasteiger partial charge in [-0.05, 0) is 12.5 Å². The Bertz CT molecular complexity index is 28.0. The predicted octanol–water partition coefficient (Wildman–Crippen LogP) is 1.63. The highest BCUT2D eigenvalue weighted by Gasteiger charge is 1.99. The van der Waals surface area contributed by atoms with Crippen LogP contribution >= 0.6 is 35.7 Å². The van der Waals surface area contributed by atoms with Crippen LogP contribution in [0, 0.1) is 0 Å². The van der Waals surface area contributed by atoms with Crippen LogP contribution in [0.2, 0.25) is 0 Å². The van der Waals surface area contributed by atoms with E-state index in [1.807, 2.05) is 12.5 Å². The largest absolute Gasteiger partial charge is 0.337 e. The summed E-state index contributed by atoms with van der Waals surface area (Å²) in [5.41, 5.74) is 0. The molecule has 0 saturated carbocycles. The van der Waals surface area contributed by atoms with Gasteiger partial charge in [-0.1, -0.05) is 0 Å². The minimum atomic E-state index is 0.463. The summed E-state index contributed by atoms with van der Waals surface area (Å²) < 4.78 is 0.463. The number of rotatable bonds is 2. The molecule has 0 unspecified atom stereocenters. The number of hydrogen-bond donors (Lipinski definition) is 1. The molecule has 0 heterocycles. The summed E-state index contributed by atoms with van der Waals surface area (Å²) in [6, 6.07) is 0. The van der Waals surface area contributed by atoms with Gasteiger partial charge in [0.25, 0.3) is 0 Å². The van der Waals surface area contributed by atoms with Crippen molar-refractivity contribution in [2.75, 3.05) is 12.5 Å². The molecule has 0 aromatic carbocycles. The Morgan fingerprint density at radius 2 is 1.67 bits per heavy atom. The van der Waals surface area contributed by atoms with Crippen molar-refractivity contribution in [1.29, 1.82) is 0 Å². The topological polar surface area (TPSA) is 0 Å². The van der Waals surface area contributed by atoms with E-state index in [2.05, 4.69) is 12.5 Å². The molecule has 0 radical (unpaired) electrons. The molecule has 0 aromatic heterocycles. The summed E-state index contributed by atoms with van der Waals surface area (Å²) in [4.78, 5) is 0. The summed E-state index contributed by atoms with van der Waals surface area (Å²) in [5, 5.41) is 0. The SMILES string of the molecule is CSB(S)SC. The van der Waals surface area contributed by atoms with Crippen LogP contribution in [0.4, 0.5) is 0 Å². The van der Waals surface area contributed by atoms with Gasteiger partial charge in [-0.3, -0.25) is 0 Å². The van der Waals surface area contributed by atoms with Crippen molar-refractivity contribution in [3.05, 3.63) is 0 Å². The Kier molecular flexibility index (Phi) is 5.07.